The van der Waals surface area contributed by atoms with Crippen molar-refractivity contribution in [3.05, 3.63) is 47.3 Å². The molecular weight excluding hydrogens is 330 g/mol. The number of piperidine rings is 1. The third-order valence-corrected chi connectivity index (χ3v) is 5.65. The summed E-state index contributed by atoms with van der Waals surface area (Å²) in [5, 5.41) is 4.36. The first kappa shape index (κ1) is 17.1. The van der Waals surface area contributed by atoms with Gasteiger partial charge in [0, 0.05) is 31.7 Å². The molecular formula is C20H25N3O3. The lowest BCUT2D eigenvalue weighted by molar-refractivity contribution is 0.0600. The Labute approximate surface area is 153 Å². The predicted octanol–water partition coefficient (Wildman–Crippen LogP) is 3.00. The molecule has 0 N–H and O–H groups in total. The summed E-state index contributed by atoms with van der Waals surface area (Å²) >= 11 is 0. The topological polar surface area (TPSA) is 56.6 Å². The Kier molecular flexibility index (Phi) is 4.68. The fourth-order valence-corrected chi connectivity index (χ4v) is 3.95. The van der Waals surface area contributed by atoms with Crippen molar-refractivity contribution in [2.75, 3.05) is 26.8 Å². The van der Waals surface area contributed by atoms with Gasteiger partial charge in [-0.1, -0.05) is 12.1 Å². The van der Waals surface area contributed by atoms with Crippen molar-refractivity contribution in [1.29, 1.82) is 0 Å². The lowest BCUT2D eigenvalue weighted by atomic mass is 9.99. The molecule has 1 saturated heterocycles. The molecule has 3 heterocycles. The van der Waals surface area contributed by atoms with Gasteiger partial charge in [-0.25, -0.2) is 4.79 Å². The zero-order valence-electron chi connectivity index (χ0n) is 15.4. The Balaban J connectivity index is 1.38. The largest absolute Gasteiger partial charge is 0.493 e. The van der Waals surface area contributed by atoms with Crippen LogP contribution in [0.3, 0.4) is 0 Å². The lowest BCUT2D eigenvalue weighted by Gasteiger charge is -2.36. The van der Waals surface area contributed by atoms with Gasteiger partial charge in [-0.05, 0) is 37.0 Å². The van der Waals surface area contributed by atoms with E-state index in [0.717, 1.165) is 44.7 Å². The van der Waals surface area contributed by atoms with Crippen molar-refractivity contribution in [2.24, 2.45) is 0 Å². The van der Waals surface area contributed by atoms with E-state index in [-0.39, 0.29) is 5.97 Å². The number of methoxy groups -OCH3 is 1. The lowest BCUT2D eigenvalue weighted by Crippen LogP contribution is -2.36. The van der Waals surface area contributed by atoms with Crippen molar-refractivity contribution in [3.63, 3.8) is 0 Å². The number of hydrogen-bond acceptors (Lipinski definition) is 5. The van der Waals surface area contributed by atoms with Gasteiger partial charge in [0.2, 0.25) is 0 Å². The van der Waals surface area contributed by atoms with Gasteiger partial charge in [-0.3, -0.25) is 9.58 Å². The molecule has 1 atom stereocenters. The molecule has 6 nitrogen and oxygen atoms in total. The summed E-state index contributed by atoms with van der Waals surface area (Å²) < 4.78 is 12.4. The summed E-state index contributed by atoms with van der Waals surface area (Å²) in [6, 6.07) is 7.35. The second-order valence-electron chi connectivity index (χ2n) is 7.11. The third-order valence-electron chi connectivity index (χ3n) is 5.65. The van der Waals surface area contributed by atoms with Crippen LogP contribution in [0.25, 0.3) is 0 Å². The first-order valence-corrected chi connectivity index (χ1v) is 9.28. The first-order chi connectivity index (χ1) is 12.7. The van der Waals surface area contributed by atoms with E-state index in [1.807, 2.05) is 4.68 Å². The molecule has 138 valence electrons. The standard InChI is InChI=1S/C20H25N3O3/c1-14(16-4-3-15-7-10-26-19(15)11-16)22-8-5-18(6-9-22)23-13-17(12-21-23)20(24)25-2/h3-4,11-14,18H,5-10H2,1-2H3. The molecule has 1 fully saturated rings. The number of ether oxygens (including phenoxy) is 2. The summed E-state index contributed by atoms with van der Waals surface area (Å²) in [5.41, 5.74) is 3.15. The molecule has 26 heavy (non-hydrogen) atoms. The van der Waals surface area contributed by atoms with E-state index in [4.69, 9.17) is 9.47 Å². The van der Waals surface area contributed by atoms with Gasteiger partial charge >= 0.3 is 5.97 Å². The number of carbonyl (C=O) groups is 1. The van der Waals surface area contributed by atoms with Crippen LogP contribution in [0.2, 0.25) is 0 Å². The predicted molar refractivity (Wildman–Crippen MR) is 97.5 cm³/mol. The molecule has 2 aromatic rings. The number of hydrogen-bond donors (Lipinski definition) is 0. The number of rotatable bonds is 4. The highest BCUT2D eigenvalue weighted by Gasteiger charge is 2.26. The van der Waals surface area contributed by atoms with E-state index in [9.17, 15) is 4.79 Å². The number of fused-ring (bicyclic) bond motifs is 1. The van der Waals surface area contributed by atoms with Gasteiger partial charge in [0.1, 0.15) is 5.75 Å². The molecule has 1 aromatic heterocycles. The first-order valence-electron chi connectivity index (χ1n) is 9.28. The molecule has 2 aliphatic heterocycles. The SMILES string of the molecule is COC(=O)c1cnn(C2CCN(C(C)c3ccc4c(c3)OCC4)CC2)c1. The van der Waals surface area contributed by atoms with E-state index in [1.54, 1.807) is 12.4 Å². The maximum atomic E-state index is 11.6. The quantitative estimate of drug-likeness (QED) is 0.789. The summed E-state index contributed by atoms with van der Waals surface area (Å²) in [5.74, 6) is 0.720. The van der Waals surface area contributed by atoms with Gasteiger partial charge < -0.3 is 9.47 Å². The van der Waals surface area contributed by atoms with Crippen molar-refractivity contribution in [2.45, 2.75) is 38.3 Å². The highest BCUT2D eigenvalue weighted by atomic mass is 16.5. The maximum Gasteiger partial charge on any atom is 0.341 e. The van der Waals surface area contributed by atoms with Gasteiger partial charge in [0.25, 0.3) is 0 Å². The minimum atomic E-state index is -0.332. The van der Waals surface area contributed by atoms with E-state index in [2.05, 4.69) is 35.1 Å². The molecule has 1 aromatic carbocycles. The Morgan fingerprint density at radius 3 is 2.92 bits per heavy atom. The van der Waals surface area contributed by atoms with Gasteiger partial charge in [-0.15, -0.1) is 0 Å². The highest BCUT2D eigenvalue weighted by molar-refractivity contribution is 5.88. The van der Waals surface area contributed by atoms with Crippen LogP contribution in [0.1, 0.15) is 53.3 Å². The number of esters is 1. The fourth-order valence-electron chi connectivity index (χ4n) is 3.95. The van der Waals surface area contributed by atoms with Crippen LogP contribution in [0.15, 0.2) is 30.6 Å². The fraction of sp³-hybridized carbons (Fsp3) is 0.500. The summed E-state index contributed by atoms with van der Waals surface area (Å²) in [6.45, 7) is 5.09. The second kappa shape index (κ2) is 7.11. The van der Waals surface area contributed by atoms with E-state index >= 15 is 0 Å². The Morgan fingerprint density at radius 2 is 2.15 bits per heavy atom. The average molecular weight is 355 g/mol. The minimum Gasteiger partial charge on any atom is -0.493 e. The summed E-state index contributed by atoms with van der Waals surface area (Å²) in [7, 11) is 1.39. The number of benzene rings is 1. The van der Waals surface area contributed by atoms with Crippen LogP contribution in [0.5, 0.6) is 5.75 Å². The summed E-state index contributed by atoms with van der Waals surface area (Å²) in [4.78, 5) is 14.1. The van der Waals surface area contributed by atoms with Crippen molar-refractivity contribution >= 4 is 5.97 Å². The Morgan fingerprint density at radius 1 is 1.35 bits per heavy atom. The van der Waals surface area contributed by atoms with E-state index < -0.39 is 0 Å². The molecule has 0 saturated carbocycles. The second-order valence-corrected chi connectivity index (χ2v) is 7.11. The zero-order chi connectivity index (χ0) is 18.1. The minimum absolute atomic E-state index is 0.332. The van der Waals surface area contributed by atoms with Crippen molar-refractivity contribution in [1.82, 2.24) is 14.7 Å². The van der Waals surface area contributed by atoms with Crippen LogP contribution >= 0.6 is 0 Å². The molecule has 6 heteroatoms. The van der Waals surface area contributed by atoms with Crippen LogP contribution < -0.4 is 4.74 Å². The molecule has 0 radical (unpaired) electrons. The maximum absolute atomic E-state index is 11.6. The normalized spacial score (nSPS) is 19.0. The van der Waals surface area contributed by atoms with Gasteiger partial charge in [0.15, 0.2) is 0 Å². The summed E-state index contributed by atoms with van der Waals surface area (Å²) in [6.07, 6.45) is 6.45. The van der Waals surface area contributed by atoms with Gasteiger partial charge in [0.05, 0.1) is 31.5 Å². The van der Waals surface area contributed by atoms with E-state index in [0.29, 0.717) is 17.6 Å². The van der Waals surface area contributed by atoms with E-state index in [1.165, 1.54) is 18.2 Å². The van der Waals surface area contributed by atoms with Crippen LogP contribution in [0, 0.1) is 0 Å². The Bertz CT molecular complexity index is 793. The molecule has 4 rings (SSSR count). The van der Waals surface area contributed by atoms with Crippen LogP contribution in [0.4, 0.5) is 0 Å². The van der Waals surface area contributed by atoms with Crippen molar-refractivity contribution in [3.8, 4) is 5.75 Å². The smallest absolute Gasteiger partial charge is 0.341 e. The number of aromatic nitrogens is 2. The molecule has 1 unspecified atom stereocenters. The van der Waals surface area contributed by atoms with Crippen LogP contribution in [-0.2, 0) is 11.2 Å². The number of carbonyl (C=O) groups excluding carboxylic acids is 1. The van der Waals surface area contributed by atoms with Crippen LogP contribution in [-0.4, -0.2) is 47.5 Å². The average Bonchev–Trinajstić information content (AvgIpc) is 3.35. The Hall–Kier alpha value is -2.34. The zero-order valence-corrected chi connectivity index (χ0v) is 15.4. The third kappa shape index (κ3) is 3.21. The molecule has 0 bridgehead atoms. The molecule has 0 spiro atoms. The monoisotopic (exact) mass is 355 g/mol. The molecule has 0 amide bonds. The number of likely N-dealkylation sites (tertiary alicyclic amines) is 1. The number of nitrogens with zero attached hydrogens (tertiary/aromatic N) is 3. The van der Waals surface area contributed by atoms with Crippen molar-refractivity contribution < 1.29 is 14.3 Å². The highest BCUT2D eigenvalue weighted by Crippen LogP contribution is 2.33. The molecule has 0 aliphatic carbocycles. The van der Waals surface area contributed by atoms with Gasteiger partial charge in [-0.2, -0.15) is 5.10 Å². The molecule has 2 aliphatic rings.